The van der Waals surface area contributed by atoms with E-state index in [0.717, 1.165) is 5.56 Å². The van der Waals surface area contributed by atoms with Crippen LogP contribution in [0.3, 0.4) is 0 Å². The molecule has 2 aromatic rings. The van der Waals surface area contributed by atoms with Gasteiger partial charge >= 0.3 is 5.97 Å². The van der Waals surface area contributed by atoms with Crippen molar-refractivity contribution in [1.29, 1.82) is 0 Å². The molecule has 0 fully saturated rings. The highest BCUT2D eigenvalue weighted by Crippen LogP contribution is 2.06. The first-order valence-corrected chi connectivity index (χ1v) is 9.26. The number of hydrogen-bond donors (Lipinski definition) is 2. The van der Waals surface area contributed by atoms with Crippen molar-refractivity contribution in [3.05, 3.63) is 58.3 Å². The van der Waals surface area contributed by atoms with E-state index in [-0.39, 0.29) is 18.2 Å². The van der Waals surface area contributed by atoms with Crippen LogP contribution in [-0.4, -0.2) is 37.5 Å². The molecule has 1 heterocycles. The maximum atomic E-state index is 12.1. The number of hydrogen-bond acceptors (Lipinski definition) is 5. The van der Waals surface area contributed by atoms with Crippen LogP contribution < -0.4 is 10.6 Å². The second kappa shape index (κ2) is 10.4. The molecule has 2 N–H and O–H groups in total. The van der Waals surface area contributed by atoms with Crippen LogP contribution in [0.15, 0.2) is 47.2 Å². The number of benzene rings is 1. The first-order chi connectivity index (χ1) is 12.6. The summed E-state index contributed by atoms with van der Waals surface area (Å²) in [4.78, 5) is 35.8. The molecule has 6 nitrogen and oxygen atoms in total. The van der Waals surface area contributed by atoms with Crippen molar-refractivity contribution < 1.29 is 19.1 Å². The fourth-order valence-corrected chi connectivity index (χ4v) is 3.03. The van der Waals surface area contributed by atoms with Crippen LogP contribution in [0, 0.1) is 0 Å². The summed E-state index contributed by atoms with van der Waals surface area (Å²) in [6.07, 6.45) is 1.07. The van der Waals surface area contributed by atoms with E-state index in [1.54, 1.807) is 11.4 Å². The van der Waals surface area contributed by atoms with Crippen LogP contribution in [0.2, 0.25) is 0 Å². The average molecular weight is 374 g/mol. The van der Waals surface area contributed by atoms with Gasteiger partial charge in [0.1, 0.15) is 6.04 Å². The lowest BCUT2D eigenvalue weighted by molar-refractivity contribution is -0.145. The summed E-state index contributed by atoms with van der Waals surface area (Å²) >= 11 is 1.46. The van der Waals surface area contributed by atoms with E-state index in [1.165, 1.54) is 18.4 Å². The highest BCUT2D eigenvalue weighted by molar-refractivity contribution is 7.08. The van der Waals surface area contributed by atoms with Gasteiger partial charge in [0.25, 0.3) is 5.91 Å². The Hall–Kier alpha value is -2.67. The Bertz CT molecular complexity index is 716. The van der Waals surface area contributed by atoms with Crippen molar-refractivity contribution in [2.24, 2.45) is 0 Å². The number of ether oxygens (including phenoxy) is 1. The molecule has 138 valence electrons. The maximum absolute atomic E-state index is 12.1. The van der Waals surface area contributed by atoms with E-state index < -0.39 is 12.0 Å². The van der Waals surface area contributed by atoms with Crippen molar-refractivity contribution in [1.82, 2.24) is 10.6 Å². The van der Waals surface area contributed by atoms with Crippen LogP contribution in [0.25, 0.3) is 0 Å². The number of carbonyl (C=O) groups excluding carboxylic acids is 3. The molecule has 1 aromatic heterocycles. The summed E-state index contributed by atoms with van der Waals surface area (Å²) in [7, 11) is 1.30. The van der Waals surface area contributed by atoms with Gasteiger partial charge in [-0.3, -0.25) is 9.59 Å². The Labute approximate surface area is 156 Å². The topological polar surface area (TPSA) is 84.5 Å². The van der Waals surface area contributed by atoms with Gasteiger partial charge in [0.2, 0.25) is 5.91 Å². The molecule has 26 heavy (non-hydrogen) atoms. The highest BCUT2D eigenvalue weighted by Gasteiger charge is 2.21. The number of rotatable bonds is 9. The SMILES string of the molecule is COC(=O)[C@H](Cc1ccccc1)NC(=O)CCCNC(=O)c1ccsc1. The van der Waals surface area contributed by atoms with Crippen LogP contribution in [0.1, 0.15) is 28.8 Å². The molecule has 0 spiro atoms. The molecule has 2 amide bonds. The van der Waals surface area contributed by atoms with Gasteiger partial charge in [0.15, 0.2) is 0 Å². The Morgan fingerprint density at radius 1 is 1.15 bits per heavy atom. The second-order valence-electron chi connectivity index (χ2n) is 5.70. The van der Waals surface area contributed by atoms with Gasteiger partial charge in [-0.1, -0.05) is 30.3 Å². The smallest absolute Gasteiger partial charge is 0.328 e. The van der Waals surface area contributed by atoms with Gasteiger partial charge in [0.05, 0.1) is 7.11 Å². The van der Waals surface area contributed by atoms with Gasteiger partial charge in [-0.2, -0.15) is 11.3 Å². The highest BCUT2D eigenvalue weighted by atomic mass is 32.1. The van der Waals surface area contributed by atoms with Crippen LogP contribution >= 0.6 is 11.3 Å². The molecule has 0 aliphatic heterocycles. The van der Waals surface area contributed by atoms with Crippen molar-refractivity contribution in [3.63, 3.8) is 0 Å². The predicted octanol–water partition coefficient (Wildman–Crippen LogP) is 2.16. The van der Waals surface area contributed by atoms with Crippen LogP contribution in [0.5, 0.6) is 0 Å². The molecule has 0 saturated heterocycles. The lowest BCUT2D eigenvalue weighted by Gasteiger charge is -2.16. The zero-order valence-corrected chi connectivity index (χ0v) is 15.4. The fraction of sp³-hybridized carbons (Fsp3) is 0.316. The van der Waals surface area contributed by atoms with E-state index in [1.807, 2.05) is 35.7 Å². The summed E-state index contributed by atoms with van der Waals surface area (Å²) in [6.45, 7) is 0.393. The molecule has 2 rings (SSSR count). The first kappa shape index (κ1) is 19.7. The summed E-state index contributed by atoms with van der Waals surface area (Å²) in [6, 6.07) is 10.4. The van der Waals surface area contributed by atoms with E-state index in [2.05, 4.69) is 10.6 Å². The molecule has 0 bridgehead atoms. The minimum atomic E-state index is -0.727. The van der Waals surface area contributed by atoms with Crippen molar-refractivity contribution in [2.75, 3.05) is 13.7 Å². The van der Waals surface area contributed by atoms with Crippen LogP contribution in [0.4, 0.5) is 0 Å². The van der Waals surface area contributed by atoms with E-state index >= 15 is 0 Å². The van der Waals surface area contributed by atoms with Gasteiger partial charge in [0, 0.05) is 30.3 Å². The van der Waals surface area contributed by atoms with E-state index in [9.17, 15) is 14.4 Å². The molecular formula is C19H22N2O4S. The zero-order valence-electron chi connectivity index (χ0n) is 14.6. The Morgan fingerprint density at radius 2 is 1.92 bits per heavy atom. The van der Waals surface area contributed by atoms with E-state index in [4.69, 9.17) is 4.74 Å². The monoisotopic (exact) mass is 374 g/mol. The Morgan fingerprint density at radius 3 is 2.58 bits per heavy atom. The molecule has 0 aliphatic carbocycles. The summed E-state index contributed by atoms with van der Waals surface area (Å²) in [5, 5.41) is 9.08. The number of amides is 2. The van der Waals surface area contributed by atoms with Crippen molar-refractivity contribution >= 4 is 29.1 Å². The molecule has 0 unspecified atom stereocenters. The molecule has 0 saturated carbocycles. The summed E-state index contributed by atoms with van der Waals surface area (Å²) in [5.41, 5.74) is 1.55. The molecule has 1 atom stereocenters. The number of esters is 1. The largest absolute Gasteiger partial charge is 0.467 e. The number of nitrogens with one attached hydrogen (secondary N) is 2. The minimum Gasteiger partial charge on any atom is -0.467 e. The molecule has 1 aromatic carbocycles. The number of methoxy groups -OCH3 is 1. The van der Waals surface area contributed by atoms with Gasteiger partial charge < -0.3 is 15.4 Å². The summed E-state index contributed by atoms with van der Waals surface area (Å²) < 4.78 is 4.77. The third-order valence-electron chi connectivity index (χ3n) is 3.75. The van der Waals surface area contributed by atoms with Gasteiger partial charge in [-0.05, 0) is 23.4 Å². The first-order valence-electron chi connectivity index (χ1n) is 8.31. The zero-order chi connectivity index (χ0) is 18.8. The molecule has 7 heteroatoms. The van der Waals surface area contributed by atoms with Gasteiger partial charge in [-0.25, -0.2) is 4.79 Å². The summed E-state index contributed by atoms with van der Waals surface area (Å²) in [5.74, 6) is -0.878. The van der Waals surface area contributed by atoms with Crippen molar-refractivity contribution in [2.45, 2.75) is 25.3 Å². The lowest BCUT2D eigenvalue weighted by Crippen LogP contribution is -2.43. The van der Waals surface area contributed by atoms with Crippen LogP contribution in [-0.2, 0) is 20.7 Å². The lowest BCUT2D eigenvalue weighted by atomic mass is 10.1. The standard InChI is InChI=1S/C19H22N2O4S/c1-25-19(24)16(12-14-6-3-2-4-7-14)21-17(22)8-5-10-20-18(23)15-9-11-26-13-15/h2-4,6-7,9,11,13,16H,5,8,10,12H2,1H3,(H,20,23)(H,21,22)/t16-/m0/s1. The number of carbonyl (C=O) groups is 3. The number of thiophene rings is 1. The van der Waals surface area contributed by atoms with Gasteiger partial charge in [-0.15, -0.1) is 0 Å². The molecule has 0 radical (unpaired) electrons. The molecule has 0 aliphatic rings. The third-order valence-corrected chi connectivity index (χ3v) is 4.44. The fourth-order valence-electron chi connectivity index (χ4n) is 2.40. The van der Waals surface area contributed by atoms with Crippen molar-refractivity contribution in [3.8, 4) is 0 Å². The minimum absolute atomic E-state index is 0.150. The second-order valence-corrected chi connectivity index (χ2v) is 6.48. The Kier molecular flexibility index (Phi) is 7.82. The quantitative estimate of drug-likeness (QED) is 0.520. The van der Waals surface area contributed by atoms with E-state index in [0.29, 0.717) is 24.9 Å². The normalized spacial score (nSPS) is 11.4. The molecular weight excluding hydrogens is 352 g/mol. The average Bonchev–Trinajstić information content (AvgIpc) is 3.19. The third kappa shape index (κ3) is 6.33. The Balaban J connectivity index is 1.76. The predicted molar refractivity (Wildman–Crippen MR) is 100.0 cm³/mol. The maximum Gasteiger partial charge on any atom is 0.328 e.